The zero-order valence-electron chi connectivity index (χ0n) is 12.5. The van der Waals surface area contributed by atoms with E-state index in [1.165, 1.54) is 0 Å². The minimum Gasteiger partial charge on any atom is -0.409 e. The van der Waals surface area contributed by atoms with Gasteiger partial charge in [0.15, 0.2) is 5.84 Å². The fourth-order valence-electron chi connectivity index (χ4n) is 2.90. The molecule has 2 rings (SSSR count). The molecule has 1 aromatic carbocycles. The maximum absolute atomic E-state index is 9.07. The number of oxime groups is 1. The first kappa shape index (κ1) is 15.6. The highest BCUT2D eigenvalue weighted by atomic mass is 16.4. The van der Waals surface area contributed by atoms with Crippen molar-refractivity contribution >= 4 is 11.5 Å². The summed E-state index contributed by atoms with van der Waals surface area (Å²) in [5.74, 6) is 0.144. The average Bonchev–Trinajstić information content (AvgIpc) is 2.72. The van der Waals surface area contributed by atoms with Crippen LogP contribution >= 0.6 is 0 Å². The zero-order chi connectivity index (χ0) is 15.2. The number of β-amino-alcohol motifs (C(OH)–C–C–N with tert-alkyl or cyclic N) is 1. The number of anilines is 1. The van der Waals surface area contributed by atoms with Gasteiger partial charge in [-0.1, -0.05) is 17.3 Å². The smallest absolute Gasteiger partial charge is 0.172 e. The molecule has 1 saturated heterocycles. The number of aryl methyl sites for hydroxylation is 1. The van der Waals surface area contributed by atoms with Gasteiger partial charge in [0.2, 0.25) is 0 Å². The second-order valence-corrected chi connectivity index (χ2v) is 5.36. The van der Waals surface area contributed by atoms with Gasteiger partial charge in [0, 0.05) is 31.7 Å². The first-order valence-electron chi connectivity index (χ1n) is 7.33. The van der Waals surface area contributed by atoms with Gasteiger partial charge in [0.25, 0.3) is 0 Å². The standard InChI is InChI=1S/C15H24N4O2/c1-12-4-2-5-13(15(16)17-21)14(12)19-7-3-6-18(8-9-19)10-11-20/h2,4-5,20-21H,3,6-11H2,1H3,(H2,16,17). The van der Waals surface area contributed by atoms with Gasteiger partial charge in [-0.05, 0) is 31.5 Å². The topological polar surface area (TPSA) is 85.3 Å². The normalized spacial score (nSPS) is 17.8. The molecule has 0 spiro atoms. The van der Waals surface area contributed by atoms with E-state index in [4.69, 9.17) is 16.0 Å². The quantitative estimate of drug-likeness (QED) is 0.327. The van der Waals surface area contributed by atoms with Crippen molar-refractivity contribution in [3.05, 3.63) is 29.3 Å². The summed E-state index contributed by atoms with van der Waals surface area (Å²) in [7, 11) is 0. The maximum atomic E-state index is 9.07. The summed E-state index contributed by atoms with van der Waals surface area (Å²) in [6.07, 6.45) is 1.03. The van der Waals surface area contributed by atoms with Crippen LogP contribution in [0, 0.1) is 6.92 Å². The van der Waals surface area contributed by atoms with Gasteiger partial charge >= 0.3 is 0 Å². The van der Waals surface area contributed by atoms with Crippen molar-refractivity contribution in [3.63, 3.8) is 0 Å². The Kier molecular flexibility index (Phi) is 5.41. The molecule has 1 fully saturated rings. The number of nitrogens with zero attached hydrogens (tertiary/aromatic N) is 3. The third-order valence-electron chi connectivity index (χ3n) is 3.94. The van der Waals surface area contributed by atoms with Crippen molar-refractivity contribution in [2.45, 2.75) is 13.3 Å². The lowest BCUT2D eigenvalue weighted by Gasteiger charge is -2.27. The predicted octanol–water partition coefficient (Wildman–Crippen LogP) is 0.594. The summed E-state index contributed by atoms with van der Waals surface area (Å²) in [4.78, 5) is 4.56. The molecule has 0 radical (unpaired) electrons. The molecule has 1 heterocycles. The molecule has 0 amide bonds. The van der Waals surface area contributed by atoms with Crippen molar-refractivity contribution in [1.82, 2.24) is 4.90 Å². The lowest BCUT2D eigenvalue weighted by Crippen LogP contribution is -2.33. The van der Waals surface area contributed by atoms with Crippen LogP contribution in [0.25, 0.3) is 0 Å². The van der Waals surface area contributed by atoms with Crippen molar-refractivity contribution in [1.29, 1.82) is 0 Å². The summed E-state index contributed by atoms with van der Waals surface area (Å²) in [6, 6.07) is 5.84. The van der Waals surface area contributed by atoms with Crippen LogP contribution in [0.15, 0.2) is 23.4 Å². The Balaban J connectivity index is 2.25. The van der Waals surface area contributed by atoms with Crippen LogP contribution in [0.1, 0.15) is 17.5 Å². The molecular formula is C15H24N4O2. The molecule has 4 N–H and O–H groups in total. The lowest BCUT2D eigenvalue weighted by atomic mass is 10.1. The van der Waals surface area contributed by atoms with Crippen molar-refractivity contribution in [2.75, 3.05) is 44.2 Å². The van der Waals surface area contributed by atoms with E-state index in [1.54, 1.807) is 0 Å². The second-order valence-electron chi connectivity index (χ2n) is 5.36. The van der Waals surface area contributed by atoms with E-state index in [1.807, 2.05) is 25.1 Å². The molecular weight excluding hydrogens is 268 g/mol. The largest absolute Gasteiger partial charge is 0.409 e. The van der Waals surface area contributed by atoms with Crippen molar-refractivity contribution < 1.29 is 10.3 Å². The van der Waals surface area contributed by atoms with Crippen molar-refractivity contribution in [2.24, 2.45) is 10.9 Å². The van der Waals surface area contributed by atoms with Gasteiger partial charge < -0.3 is 20.9 Å². The Labute approximate surface area is 125 Å². The van der Waals surface area contributed by atoms with Crippen LogP contribution in [0.3, 0.4) is 0 Å². The van der Waals surface area contributed by atoms with Gasteiger partial charge in [0.1, 0.15) is 0 Å². The van der Waals surface area contributed by atoms with Gasteiger partial charge in [-0.15, -0.1) is 0 Å². The minimum absolute atomic E-state index is 0.144. The number of hydrogen-bond donors (Lipinski definition) is 3. The van der Waals surface area contributed by atoms with Crippen LogP contribution in [-0.2, 0) is 0 Å². The molecule has 0 aromatic heterocycles. The summed E-state index contributed by atoms with van der Waals surface area (Å²) >= 11 is 0. The molecule has 6 nitrogen and oxygen atoms in total. The zero-order valence-corrected chi connectivity index (χ0v) is 12.5. The highest BCUT2D eigenvalue weighted by Gasteiger charge is 2.20. The molecule has 0 atom stereocenters. The fourth-order valence-corrected chi connectivity index (χ4v) is 2.90. The SMILES string of the molecule is Cc1cccc(/C(N)=N/O)c1N1CCCN(CCO)CC1. The molecule has 21 heavy (non-hydrogen) atoms. The number of rotatable bonds is 4. The fraction of sp³-hybridized carbons (Fsp3) is 0.533. The molecule has 0 saturated carbocycles. The van der Waals surface area contributed by atoms with E-state index >= 15 is 0 Å². The first-order valence-corrected chi connectivity index (χ1v) is 7.33. The number of amidine groups is 1. The molecule has 0 bridgehead atoms. The van der Waals surface area contributed by atoms with Crippen LogP contribution in [0.2, 0.25) is 0 Å². The summed E-state index contributed by atoms with van der Waals surface area (Å²) in [5.41, 5.74) is 8.75. The van der Waals surface area contributed by atoms with E-state index in [0.29, 0.717) is 6.54 Å². The lowest BCUT2D eigenvalue weighted by molar-refractivity contribution is 0.204. The van der Waals surface area contributed by atoms with Crippen LogP contribution < -0.4 is 10.6 Å². The number of aliphatic hydroxyl groups excluding tert-OH is 1. The van der Waals surface area contributed by atoms with Gasteiger partial charge in [0.05, 0.1) is 12.3 Å². The number of hydrogen-bond acceptors (Lipinski definition) is 5. The van der Waals surface area contributed by atoms with E-state index < -0.39 is 0 Å². The van der Waals surface area contributed by atoms with E-state index in [0.717, 1.165) is 49.4 Å². The first-order chi connectivity index (χ1) is 10.2. The minimum atomic E-state index is 0.144. The van der Waals surface area contributed by atoms with Crippen molar-refractivity contribution in [3.8, 4) is 0 Å². The van der Waals surface area contributed by atoms with E-state index in [-0.39, 0.29) is 12.4 Å². The molecule has 0 aliphatic carbocycles. The predicted molar refractivity (Wildman–Crippen MR) is 84.0 cm³/mol. The third kappa shape index (κ3) is 3.65. The van der Waals surface area contributed by atoms with Gasteiger partial charge in [-0.25, -0.2) is 0 Å². The van der Waals surface area contributed by atoms with E-state index in [2.05, 4.69) is 15.0 Å². The molecule has 1 aromatic rings. The van der Waals surface area contributed by atoms with Gasteiger partial charge in [-0.2, -0.15) is 0 Å². The molecule has 1 aliphatic heterocycles. The molecule has 1 aliphatic rings. The maximum Gasteiger partial charge on any atom is 0.172 e. The molecule has 0 unspecified atom stereocenters. The van der Waals surface area contributed by atoms with Crippen LogP contribution in [-0.4, -0.2) is 60.4 Å². The Hall–Kier alpha value is -1.79. The second kappa shape index (κ2) is 7.28. The third-order valence-corrected chi connectivity index (χ3v) is 3.94. The Morgan fingerprint density at radius 3 is 2.81 bits per heavy atom. The number of nitrogens with two attached hydrogens (primary N) is 1. The number of benzene rings is 1. The highest BCUT2D eigenvalue weighted by Crippen LogP contribution is 2.26. The summed E-state index contributed by atoms with van der Waals surface area (Å²) < 4.78 is 0. The Morgan fingerprint density at radius 1 is 1.29 bits per heavy atom. The monoisotopic (exact) mass is 292 g/mol. The number of aliphatic hydroxyl groups is 1. The summed E-state index contributed by atoms with van der Waals surface area (Å²) in [5, 5.41) is 21.2. The molecule has 116 valence electrons. The average molecular weight is 292 g/mol. The van der Waals surface area contributed by atoms with Crippen LogP contribution in [0.5, 0.6) is 0 Å². The summed E-state index contributed by atoms with van der Waals surface area (Å²) in [6.45, 7) is 6.65. The molecule has 6 heteroatoms. The Morgan fingerprint density at radius 2 is 2.10 bits per heavy atom. The Bertz CT molecular complexity index is 504. The highest BCUT2D eigenvalue weighted by molar-refractivity contribution is 6.02. The number of para-hydroxylation sites is 1. The van der Waals surface area contributed by atoms with E-state index in [9.17, 15) is 0 Å². The van der Waals surface area contributed by atoms with Crippen LogP contribution in [0.4, 0.5) is 5.69 Å². The van der Waals surface area contributed by atoms with Gasteiger partial charge in [-0.3, -0.25) is 4.90 Å².